The zero-order chi connectivity index (χ0) is 21.5. The molecule has 1 N–H and O–H groups in total. The molecule has 0 spiro atoms. The van der Waals surface area contributed by atoms with E-state index in [9.17, 15) is 4.89 Å². The quantitative estimate of drug-likeness (QED) is 0.139. The Hall–Kier alpha value is -0.0200. The van der Waals surface area contributed by atoms with Crippen LogP contribution in [0.1, 0.15) is 115 Å². The predicted octanol–water partition coefficient (Wildman–Crippen LogP) is 8.58. The number of unbranched alkanes of at least 4 members (excludes halogenated alkanes) is 9. The zero-order valence-corrected chi connectivity index (χ0v) is 21.5. The highest BCUT2D eigenvalue weighted by atomic mass is 32.9. The van der Waals surface area contributed by atoms with Gasteiger partial charge in [-0.25, -0.2) is 0 Å². The van der Waals surface area contributed by atoms with Crippen molar-refractivity contribution < 1.29 is 9.42 Å². The van der Waals surface area contributed by atoms with Crippen molar-refractivity contribution in [2.45, 2.75) is 117 Å². The molecule has 1 aromatic carbocycles. The minimum atomic E-state index is -3.03. The van der Waals surface area contributed by atoms with Crippen molar-refractivity contribution in [2.24, 2.45) is 0 Å². The van der Waals surface area contributed by atoms with Gasteiger partial charge < -0.3 is 9.42 Å². The van der Waals surface area contributed by atoms with Crippen LogP contribution in [0.5, 0.6) is 5.75 Å². The minimum Gasteiger partial charge on any atom is -0.436 e. The lowest BCUT2D eigenvalue weighted by Crippen LogP contribution is -2.05. The second-order valence-electron chi connectivity index (χ2n) is 8.19. The Morgan fingerprint density at radius 3 is 1.72 bits per heavy atom. The summed E-state index contributed by atoms with van der Waals surface area (Å²) in [5.74, 6) is 0.769. The Morgan fingerprint density at radius 2 is 1.24 bits per heavy atom. The van der Waals surface area contributed by atoms with Crippen molar-refractivity contribution in [2.75, 3.05) is 0 Å². The fourth-order valence-corrected chi connectivity index (χ4v) is 4.88. The smallest absolute Gasteiger partial charge is 0.291 e. The van der Waals surface area contributed by atoms with Crippen LogP contribution in [0.2, 0.25) is 0 Å². The van der Waals surface area contributed by atoms with Crippen LogP contribution in [0.3, 0.4) is 0 Å². The molecule has 1 atom stereocenters. The third-order valence-corrected chi connectivity index (χ3v) is 6.47. The summed E-state index contributed by atoms with van der Waals surface area (Å²) < 4.78 is 5.80. The van der Waals surface area contributed by atoms with E-state index in [2.05, 4.69) is 39.1 Å². The standard InChI is InChI=1S/C24H43O2PS2/c1-4-7-10-13-16-21-19-20-24(26-27(25,28)29)23(18-15-12-9-6-3)22(21)17-14-11-8-5-2/h19-20H,4-18H2,1-3H3,(H2,25,28,29). The fourth-order valence-electron chi connectivity index (χ4n) is 3.95. The van der Waals surface area contributed by atoms with E-state index in [1.165, 1.54) is 87.3 Å². The summed E-state index contributed by atoms with van der Waals surface area (Å²) in [6.07, 6.45) is 18.3. The van der Waals surface area contributed by atoms with Crippen molar-refractivity contribution in [1.29, 1.82) is 0 Å². The van der Waals surface area contributed by atoms with E-state index >= 15 is 0 Å². The van der Waals surface area contributed by atoms with Gasteiger partial charge in [-0.05, 0) is 73.1 Å². The first-order valence-corrected chi connectivity index (χ1v) is 15.6. The van der Waals surface area contributed by atoms with E-state index in [-0.39, 0.29) is 0 Å². The summed E-state index contributed by atoms with van der Waals surface area (Å²) in [6.45, 7) is 6.76. The molecule has 1 rings (SSSR count). The van der Waals surface area contributed by atoms with E-state index in [1.54, 1.807) is 0 Å². The van der Waals surface area contributed by atoms with Gasteiger partial charge in [0.2, 0.25) is 0 Å². The van der Waals surface area contributed by atoms with Crippen molar-refractivity contribution in [3.63, 3.8) is 0 Å². The fraction of sp³-hybridized carbons (Fsp3) is 0.750. The van der Waals surface area contributed by atoms with Crippen molar-refractivity contribution in [1.82, 2.24) is 0 Å². The van der Waals surface area contributed by atoms with Crippen LogP contribution >= 0.6 is 17.9 Å². The second kappa shape index (κ2) is 15.7. The summed E-state index contributed by atoms with van der Waals surface area (Å²) >= 11 is 9.22. The van der Waals surface area contributed by atoms with E-state index in [4.69, 9.17) is 16.3 Å². The molecule has 168 valence electrons. The van der Waals surface area contributed by atoms with Crippen molar-refractivity contribution in [3.05, 3.63) is 28.8 Å². The molecule has 0 aromatic heterocycles. The van der Waals surface area contributed by atoms with E-state index in [0.29, 0.717) is 0 Å². The summed E-state index contributed by atoms with van der Waals surface area (Å²) in [7, 11) is 0. The van der Waals surface area contributed by atoms with Gasteiger partial charge in [-0.3, -0.25) is 0 Å². The molecule has 0 saturated carbocycles. The first-order valence-electron chi connectivity index (χ1n) is 11.8. The first-order chi connectivity index (χ1) is 13.9. The third kappa shape index (κ3) is 11.8. The molecule has 0 saturated heterocycles. The lowest BCUT2D eigenvalue weighted by Gasteiger charge is -2.21. The van der Waals surface area contributed by atoms with Crippen LogP contribution < -0.4 is 4.52 Å². The maximum absolute atomic E-state index is 10.1. The van der Waals surface area contributed by atoms with Crippen LogP contribution in [0.25, 0.3) is 0 Å². The van der Waals surface area contributed by atoms with Crippen LogP contribution in [0.4, 0.5) is 0 Å². The Labute approximate surface area is 190 Å². The molecule has 0 fully saturated rings. The van der Waals surface area contributed by atoms with Crippen LogP contribution in [0.15, 0.2) is 12.1 Å². The monoisotopic (exact) mass is 458 g/mol. The lowest BCUT2D eigenvalue weighted by atomic mass is 9.89. The van der Waals surface area contributed by atoms with Gasteiger partial charge in [0.1, 0.15) is 5.75 Å². The van der Waals surface area contributed by atoms with E-state index in [1.807, 2.05) is 6.07 Å². The molecule has 0 aliphatic heterocycles. The Bertz CT molecular complexity index is 613. The van der Waals surface area contributed by atoms with Crippen molar-refractivity contribution in [3.8, 4) is 5.75 Å². The molecule has 0 bridgehead atoms. The summed E-state index contributed by atoms with van der Waals surface area (Å²) in [4.78, 5) is 10.1. The molecule has 0 amide bonds. The highest BCUT2D eigenvalue weighted by Gasteiger charge is 2.18. The average molecular weight is 459 g/mol. The summed E-state index contributed by atoms with van der Waals surface area (Å²) in [5.41, 5.74) is 1.18. The maximum Gasteiger partial charge on any atom is 0.291 e. The van der Waals surface area contributed by atoms with Gasteiger partial charge in [0, 0.05) is 0 Å². The summed E-state index contributed by atoms with van der Waals surface area (Å²) in [5, 5.41) is 0. The minimum absolute atomic E-state index is 0.769. The predicted molar refractivity (Wildman–Crippen MR) is 136 cm³/mol. The Balaban J connectivity index is 3.12. The maximum atomic E-state index is 10.1. The summed E-state index contributed by atoms with van der Waals surface area (Å²) in [6, 6.07) is 4.25. The molecule has 29 heavy (non-hydrogen) atoms. The van der Waals surface area contributed by atoms with Gasteiger partial charge in [-0.1, -0.05) is 96.9 Å². The third-order valence-electron chi connectivity index (χ3n) is 5.56. The number of hydrogen-bond donors (Lipinski definition) is 2. The van der Waals surface area contributed by atoms with E-state index in [0.717, 1.165) is 31.4 Å². The van der Waals surface area contributed by atoms with Gasteiger partial charge in [-0.2, -0.15) is 0 Å². The van der Waals surface area contributed by atoms with Crippen LogP contribution in [0, 0.1) is 0 Å². The Morgan fingerprint density at radius 1 is 0.759 bits per heavy atom. The number of hydrogen-bond acceptors (Lipinski definition) is 2. The van der Waals surface area contributed by atoms with Gasteiger partial charge >= 0.3 is 0 Å². The molecule has 0 aliphatic rings. The topological polar surface area (TPSA) is 29.5 Å². The average Bonchev–Trinajstić information content (AvgIpc) is 2.67. The number of rotatable bonds is 17. The molecule has 0 heterocycles. The molecule has 1 aromatic rings. The van der Waals surface area contributed by atoms with Crippen molar-refractivity contribution >= 4 is 29.7 Å². The highest BCUT2D eigenvalue weighted by molar-refractivity contribution is 8.59. The SMILES string of the molecule is CCCCCCc1ccc(OP(O)(=S)S)c(CCCCCC)c1CCCCCC. The number of thiol groups is 1. The van der Waals surface area contributed by atoms with Gasteiger partial charge in [0.25, 0.3) is 5.69 Å². The van der Waals surface area contributed by atoms with Gasteiger partial charge in [0.15, 0.2) is 0 Å². The molecule has 0 radical (unpaired) electrons. The lowest BCUT2D eigenvalue weighted by molar-refractivity contribution is 0.497. The van der Waals surface area contributed by atoms with E-state index < -0.39 is 5.69 Å². The molecule has 5 heteroatoms. The molecular weight excluding hydrogens is 415 g/mol. The highest BCUT2D eigenvalue weighted by Crippen LogP contribution is 2.49. The van der Waals surface area contributed by atoms with Crippen LogP contribution in [-0.4, -0.2) is 4.89 Å². The van der Waals surface area contributed by atoms with Crippen LogP contribution in [-0.2, 0) is 31.1 Å². The largest absolute Gasteiger partial charge is 0.436 e. The normalized spacial score (nSPS) is 13.4. The van der Waals surface area contributed by atoms with Gasteiger partial charge in [0.05, 0.1) is 0 Å². The number of aryl methyl sites for hydroxylation is 1. The number of benzene rings is 1. The molecule has 1 unspecified atom stereocenters. The van der Waals surface area contributed by atoms with Gasteiger partial charge in [-0.15, -0.1) is 0 Å². The Kier molecular flexibility index (Phi) is 14.7. The molecule has 0 aliphatic carbocycles. The first kappa shape index (κ1) is 27.0. The second-order valence-corrected chi connectivity index (χ2v) is 13.3. The molecular formula is C24H43O2PS2. The molecule has 2 nitrogen and oxygen atoms in total. The zero-order valence-electron chi connectivity index (χ0n) is 18.9.